The zero-order valence-corrected chi connectivity index (χ0v) is 78.0. The van der Waals surface area contributed by atoms with Crippen molar-refractivity contribution in [1.29, 1.82) is 0 Å². The Hall–Kier alpha value is -7.75. The molecule has 12 bridgehead atoms. The molecule has 0 aromatic carbocycles. The molecule has 0 N–H and O–H groups in total. The topological polar surface area (TPSA) is 594 Å². The molecule has 0 radical (unpaired) electrons. The minimum atomic E-state index is -3.92. The van der Waals surface area contributed by atoms with Crippen LogP contribution >= 0.6 is 0 Å². The summed E-state index contributed by atoms with van der Waals surface area (Å²) in [4.78, 5) is 136. The lowest BCUT2D eigenvalue weighted by molar-refractivity contribution is -0.211. The molecule has 8 saturated carbocycles. The molecule has 10 saturated heterocycles. The molecule has 0 spiro atoms. The number of alkyl halides is 11. The molecule has 0 aromatic rings. The van der Waals surface area contributed by atoms with Gasteiger partial charge >= 0.3 is 101 Å². The summed E-state index contributed by atoms with van der Waals surface area (Å²) in [5, 5.41) is -4.35. The Morgan fingerprint density at radius 1 is 0.270 bits per heavy atom. The number of rotatable bonds is 29. The number of unbranched alkanes of at least 4 members (excludes halogenated alkanes) is 1. The van der Waals surface area contributed by atoms with E-state index < -0.39 is 304 Å². The molecule has 44 nitrogen and oxygen atoms in total. The van der Waals surface area contributed by atoms with Crippen LogP contribution in [-0.4, -0.2) is 288 Å². The normalized spacial score (nSPS) is 37.1. The van der Waals surface area contributed by atoms with Crippen molar-refractivity contribution in [2.24, 2.45) is 47.3 Å². The largest absolute Gasteiger partial charge is 0.461 e. The highest BCUT2D eigenvalue weighted by Gasteiger charge is 2.77. The number of ether oxygens (including phenoxy) is 14. The molecule has 0 amide bonds. The number of carbonyl (C=O) groups is 12. The molecule has 137 heavy (non-hydrogen) atoms. The smallest absolute Gasteiger partial charge is 0.377 e. The minimum absolute atomic E-state index is 0.0248. The second-order valence-electron chi connectivity index (χ2n) is 37.2. The van der Waals surface area contributed by atoms with Gasteiger partial charge in [-0.25, -0.2) is 72.6 Å². The molecule has 18 fully saturated rings. The van der Waals surface area contributed by atoms with Crippen LogP contribution in [-0.2, 0) is 210 Å². The Bertz CT molecular complexity index is 5190. The van der Waals surface area contributed by atoms with E-state index in [0.717, 1.165) is 13.8 Å². The first kappa shape index (κ1) is 107. The third kappa shape index (κ3) is 22.2. The molecular weight excluding hydrogens is 2020 g/mol. The fraction of sp³-hybridized carbons (Fsp3) is 0.842. The van der Waals surface area contributed by atoms with E-state index in [4.69, 9.17) is 63.0 Å². The first-order valence-corrected chi connectivity index (χ1v) is 51.4. The summed E-state index contributed by atoms with van der Waals surface area (Å²) >= 11 is 0. The van der Waals surface area contributed by atoms with Crippen molar-refractivity contribution in [2.45, 2.75) is 309 Å². The maximum atomic E-state index is 13.3. The predicted octanol–water partition coefficient (Wildman–Crippen LogP) is 3.80. The van der Waals surface area contributed by atoms with Gasteiger partial charge in [0.2, 0.25) is 28.8 Å². The maximum absolute atomic E-state index is 13.3. The number of hydrogen-bond donors (Lipinski definition) is 0. The standard InChI is InChI=1S/C15H20F2O7S.C13H16F2O7S.C13H17FO7S.C12H14F2O8S.C12H14F2O7S.C11H12F2O8S/c1-14(16,17)13(19)22-5-3-2-4-12(18)23-15-8-9-6-10(15)11(7-9)25(20,21)24-15;1-12(14,15)11(17)20-3-2-10(16)21-13-6-7-4-8(13)9(5-7)23(18,19)22-13;1-12(2,14)11(16)19-6-10(15)20-13-5-7-3-8(13)9(4-7)22(17,18)21-13;1-11(13,14)10(16)19-3-2-8(15)21-12-5-6-4-7(9(12)20-6)23(17,18)22-12;1-11(13,14)10(16)19-5-9(15)20-12-4-6-2-7(12)8(3-6)22(17,18)21-12;1-10(12,13)9(15)18-4-7(14)20-11-3-5-2-6(8(11)19-5)22(16,17)21-11/h9-11H,2-8H2,1H3;7-9H,2-6H2,1H3;7-9H,3-6H2,1-2H3;6-7,9H,2-5H2,1H3;6-8H,2-5H2,1H3;5-6,8H,2-4H2,1H3. The Morgan fingerprint density at radius 2 is 0.504 bits per heavy atom. The third-order valence-electron chi connectivity index (χ3n) is 26.0. The maximum Gasteiger partial charge on any atom is 0.377 e. The zero-order chi connectivity index (χ0) is 102. The van der Waals surface area contributed by atoms with Crippen molar-refractivity contribution < 1.29 is 248 Å². The Balaban J connectivity index is 0.000000139. The van der Waals surface area contributed by atoms with E-state index in [9.17, 15) is 156 Å². The zero-order valence-electron chi connectivity index (χ0n) is 73.1. The van der Waals surface area contributed by atoms with Crippen LogP contribution in [0, 0.1) is 47.3 Å². The molecule has 0 aromatic heterocycles. The lowest BCUT2D eigenvalue weighted by atomic mass is 9.93. The van der Waals surface area contributed by atoms with Crippen LogP contribution < -0.4 is 0 Å². The summed E-state index contributed by atoms with van der Waals surface area (Å²) in [5.74, 6) is -44.2. The highest BCUT2D eigenvalue weighted by Crippen LogP contribution is 2.65. The second-order valence-corrected chi connectivity index (χ2v) is 47.8. The van der Waals surface area contributed by atoms with Gasteiger partial charge in [0.25, 0.3) is 72.3 Å². The molecule has 8 aliphatic carbocycles. The summed E-state index contributed by atoms with van der Waals surface area (Å²) < 4.78 is 379. The average Bonchev–Trinajstić information content (AvgIpc) is 1.57. The van der Waals surface area contributed by atoms with Gasteiger partial charge in [0.1, 0.15) is 35.9 Å². The van der Waals surface area contributed by atoms with Crippen molar-refractivity contribution in [3.8, 4) is 0 Å². The number of hydrogen-bond acceptors (Lipinski definition) is 44. The van der Waals surface area contributed by atoms with Crippen molar-refractivity contribution >= 4 is 132 Å². The quantitative estimate of drug-likeness (QED) is 0.0338. The summed E-state index contributed by atoms with van der Waals surface area (Å²) in [7, 11) is -22.8. The van der Waals surface area contributed by atoms with E-state index in [1.54, 1.807) is 0 Å². The van der Waals surface area contributed by atoms with Gasteiger partial charge in [-0.2, -0.15) is 94.4 Å². The summed E-state index contributed by atoms with van der Waals surface area (Å²) in [6.07, 6.45) is 3.38. The third-order valence-corrected chi connectivity index (χ3v) is 36.5. The van der Waals surface area contributed by atoms with Gasteiger partial charge in [0.05, 0.1) is 52.7 Å². The summed E-state index contributed by atoms with van der Waals surface area (Å²) in [6, 6.07) is 0. The highest BCUT2D eigenvalue weighted by molar-refractivity contribution is 7.89. The summed E-state index contributed by atoms with van der Waals surface area (Å²) in [5.41, 5.74) is -2.22. The first-order valence-electron chi connectivity index (χ1n) is 42.6. The molecule has 18 rings (SSSR count). The van der Waals surface area contributed by atoms with Crippen LogP contribution in [0.1, 0.15) is 183 Å². The van der Waals surface area contributed by atoms with Crippen LogP contribution in [0.15, 0.2) is 0 Å². The monoisotopic (exact) mass is 2110 g/mol. The number of halogens is 11. The average molecular weight is 2110 g/mol. The lowest BCUT2D eigenvalue weighted by Gasteiger charge is -2.29. The molecule has 774 valence electrons. The van der Waals surface area contributed by atoms with Gasteiger partial charge in [-0.1, -0.05) is 0 Å². The van der Waals surface area contributed by atoms with E-state index >= 15 is 0 Å². The SMILES string of the molecule is CC(C)(F)C(=O)OCC(=O)OC12CC3CC1C(C3)S(=O)(=O)O2.CC(F)(F)C(=O)OCC(=O)OC12CC3CC(C1O3)S(=O)(=O)O2.CC(F)(F)C(=O)OCC(=O)OC12CC3CC1C(C3)S(=O)(=O)O2.CC(F)(F)C(=O)OCCC(=O)OC12CC3CC(C1O3)S(=O)(=O)O2.CC(F)(F)C(=O)OCCC(=O)OC12CC3CC1C(C3)S(=O)(=O)O2.CC(F)(F)C(=O)OCCCCC(=O)OC12CC3CC1C(C3)S(=O)(=O)O2. The number of fused-ring (bicyclic) bond motifs is 6. The van der Waals surface area contributed by atoms with Crippen molar-refractivity contribution in [3.63, 3.8) is 0 Å². The Morgan fingerprint density at radius 3 is 0.774 bits per heavy atom. The number of esters is 12. The van der Waals surface area contributed by atoms with Crippen LogP contribution in [0.3, 0.4) is 0 Å². The van der Waals surface area contributed by atoms with Gasteiger partial charge in [-0.15, -0.1) is 0 Å². The van der Waals surface area contributed by atoms with Crippen molar-refractivity contribution in [1.82, 2.24) is 0 Å². The molecule has 61 heteroatoms. The van der Waals surface area contributed by atoms with Crippen LogP contribution in [0.5, 0.6) is 0 Å². The van der Waals surface area contributed by atoms with E-state index in [0.29, 0.717) is 105 Å². The minimum Gasteiger partial charge on any atom is -0.461 e. The highest BCUT2D eigenvalue weighted by atomic mass is 32.2. The second kappa shape index (κ2) is 36.9. The van der Waals surface area contributed by atoms with E-state index in [1.165, 1.54) is 0 Å². The molecule has 18 aliphatic rings. The lowest BCUT2D eigenvalue weighted by Crippen LogP contribution is -2.45. The molecule has 10 heterocycles. The van der Waals surface area contributed by atoms with Crippen molar-refractivity contribution in [2.75, 3.05) is 39.6 Å². The summed E-state index contributed by atoms with van der Waals surface area (Å²) in [6.45, 7) is -0.390. The molecular formula is C76H93F11O44S6. The fourth-order valence-corrected chi connectivity index (χ4v) is 32.1. The van der Waals surface area contributed by atoms with Gasteiger partial charge in [0, 0.05) is 103 Å². The van der Waals surface area contributed by atoms with E-state index in [1.807, 2.05) is 0 Å². The Labute approximate surface area is 772 Å². The van der Waals surface area contributed by atoms with Crippen molar-refractivity contribution in [3.05, 3.63) is 0 Å². The van der Waals surface area contributed by atoms with Gasteiger partial charge in [-0.3, -0.25) is 14.4 Å². The van der Waals surface area contributed by atoms with Gasteiger partial charge < -0.3 is 66.3 Å². The van der Waals surface area contributed by atoms with Gasteiger partial charge in [0.15, 0.2) is 19.8 Å². The van der Waals surface area contributed by atoms with Crippen LogP contribution in [0.25, 0.3) is 0 Å². The van der Waals surface area contributed by atoms with Crippen LogP contribution in [0.2, 0.25) is 0 Å². The predicted molar refractivity (Wildman–Crippen MR) is 412 cm³/mol. The molecule has 10 aliphatic heterocycles. The van der Waals surface area contributed by atoms with E-state index in [-0.39, 0.29) is 106 Å². The van der Waals surface area contributed by atoms with Crippen LogP contribution in [0.4, 0.5) is 48.3 Å². The first-order chi connectivity index (χ1) is 62.7. The number of carbonyl (C=O) groups excluding carboxylic acids is 12. The fourth-order valence-electron chi connectivity index (χ4n) is 20.8. The molecule has 24 unspecified atom stereocenters. The Kier molecular flexibility index (Phi) is 28.7. The van der Waals surface area contributed by atoms with E-state index in [2.05, 4.69) is 28.4 Å². The molecule has 24 atom stereocenters. The van der Waals surface area contributed by atoms with Gasteiger partial charge in [-0.05, 0) is 115 Å².